The van der Waals surface area contributed by atoms with E-state index in [0.29, 0.717) is 18.4 Å². The van der Waals surface area contributed by atoms with Gasteiger partial charge in [-0.1, -0.05) is 66.1 Å². The summed E-state index contributed by atoms with van der Waals surface area (Å²) in [4.78, 5) is 14.6. The van der Waals surface area contributed by atoms with E-state index in [-0.39, 0.29) is 12.1 Å². The van der Waals surface area contributed by atoms with Crippen LogP contribution in [0.2, 0.25) is 0 Å². The first kappa shape index (κ1) is 17.3. The van der Waals surface area contributed by atoms with Crippen molar-refractivity contribution in [1.82, 2.24) is 4.90 Å². The smallest absolute Gasteiger partial charge is 0.411 e. The third-order valence-corrected chi connectivity index (χ3v) is 4.93. The number of carbonyl (C=O) groups is 1. The Morgan fingerprint density at radius 1 is 1.24 bits per heavy atom. The lowest BCUT2D eigenvalue weighted by molar-refractivity contribution is -0.0588. The van der Waals surface area contributed by atoms with Crippen LogP contribution in [0.3, 0.4) is 0 Å². The second kappa shape index (κ2) is 7.18. The van der Waals surface area contributed by atoms with Crippen molar-refractivity contribution in [2.24, 2.45) is 0 Å². The van der Waals surface area contributed by atoms with Crippen molar-refractivity contribution in [3.63, 3.8) is 0 Å². The molecule has 4 heteroatoms. The maximum atomic E-state index is 12.8. The van der Waals surface area contributed by atoms with Gasteiger partial charge < -0.3 is 9.64 Å². The Morgan fingerprint density at radius 3 is 2.52 bits per heavy atom. The molecule has 1 saturated heterocycles. The van der Waals surface area contributed by atoms with E-state index >= 15 is 0 Å². The number of ether oxygens (including phenoxy) is 1. The third-order valence-electron chi connectivity index (χ3n) is 4.93. The van der Waals surface area contributed by atoms with Crippen molar-refractivity contribution >= 4 is 19.4 Å². The van der Waals surface area contributed by atoms with Gasteiger partial charge in [0.05, 0.1) is 6.04 Å². The van der Waals surface area contributed by atoms with Crippen LogP contribution in [0.25, 0.3) is 0 Å². The summed E-state index contributed by atoms with van der Waals surface area (Å²) < 4.78 is 5.97. The molecule has 2 aromatic rings. The molecule has 1 heterocycles. The molecule has 3 nitrogen and oxygen atoms in total. The van der Waals surface area contributed by atoms with E-state index in [2.05, 4.69) is 6.58 Å². The van der Waals surface area contributed by atoms with Gasteiger partial charge in [0.25, 0.3) is 0 Å². The highest BCUT2D eigenvalue weighted by Gasteiger charge is 2.42. The first-order valence-electron chi connectivity index (χ1n) is 8.57. The Morgan fingerprint density at radius 2 is 1.92 bits per heavy atom. The summed E-state index contributed by atoms with van der Waals surface area (Å²) in [5.41, 5.74) is 2.15. The monoisotopic (exact) mass is 331 g/mol. The maximum absolute atomic E-state index is 12.8. The fourth-order valence-electron chi connectivity index (χ4n) is 3.42. The number of hydrogen-bond donors (Lipinski definition) is 0. The average molecular weight is 331 g/mol. The van der Waals surface area contributed by atoms with Crippen LogP contribution in [0, 0.1) is 0 Å². The van der Waals surface area contributed by atoms with Crippen LogP contribution in [-0.4, -0.2) is 25.4 Å². The Balaban J connectivity index is 1.82. The molecule has 1 aliphatic heterocycles. The van der Waals surface area contributed by atoms with Gasteiger partial charge in [-0.2, -0.15) is 0 Å². The summed E-state index contributed by atoms with van der Waals surface area (Å²) >= 11 is 0. The average Bonchev–Trinajstić information content (AvgIpc) is 2.63. The highest BCUT2D eigenvalue weighted by molar-refractivity contribution is 6.32. The summed E-state index contributed by atoms with van der Waals surface area (Å²) in [6.45, 7) is 6.49. The van der Waals surface area contributed by atoms with Gasteiger partial charge in [0.15, 0.2) is 0 Å². The Bertz CT molecular complexity index is 744. The molecule has 126 valence electrons. The molecular formula is C21H22BNO2. The minimum atomic E-state index is -0.628. The first-order valence-corrected chi connectivity index (χ1v) is 8.57. The molecule has 1 aliphatic rings. The normalized spacial score (nSPS) is 21.5. The van der Waals surface area contributed by atoms with E-state index in [1.54, 1.807) is 4.90 Å². The van der Waals surface area contributed by atoms with E-state index < -0.39 is 5.60 Å². The fraction of sp³-hybridized carbons (Fsp3) is 0.286. The Labute approximate surface area is 150 Å². The van der Waals surface area contributed by atoms with Crippen LogP contribution in [0.1, 0.15) is 36.9 Å². The largest absolute Gasteiger partial charge is 0.437 e. The van der Waals surface area contributed by atoms with Crippen molar-refractivity contribution < 1.29 is 9.53 Å². The molecule has 3 rings (SSSR count). The maximum Gasteiger partial charge on any atom is 0.411 e. The van der Waals surface area contributed by atoms with Crippen LogP contribution < -0.4 is 5.46 Å². The molecule has 1 amide bonds. The second-order valence-electron chi connectivity index (χ2n) is 6.51. The number of nitrogens with zero attached hydrogens (tertiary/aromatic N) is 1. The molecule has 25 heavy (non-hydrogen) atoms. The van der Waals surface area contributed by atoms with Crippen LogP contribution in [0.5, 0.6) is 0 Å². The van der Waals surface area contributed by atoms with Gasteiger partial charge in [0.1, 0.15) is 13.4 Å². The molecule has 0 N–H and O–H groups in total. The lowest BCUT2D eigenvalue weighted by Gasteiger charge is -2.43. The van der Waals surface area contributed by atoms with E-state index in [0.717, 1.165) is 17.5 Å². The molecule has 2 aromatic carbocycles. The highest BCUT2D eigenvalue weighted by atomic mass is 16.6. The predicted molar refractivity (Wildman–Crippen MR) is 101 cm³/mol. The van der Waals surface area contributed by atoms with Gasteiger partial charge >= 0.3 is 6.09 Å². The molecule has 0 unspecified atom stereocenters. The molecule has 0 bridgehead atoms. The van der Waals surface area contributed by atoms with Gasteiger partial charge in [0.2, 0.25) is 0 Å². The second-order valence-corrected chi connectivity index (χ2v) is 6.51. The summed E-state index contributed by atoms with van der Waals surface area (Å²) in [5.74, 6) is 0. The van der Waals surface area contributed by atoms with Gasteiger partial charge in [-0.25, -0.2) is 4.79 Å². The fourth-order valence-corrected chi connectivity index (χ4v) is 3.42. The molecule has 2 radical (unpaired) electrons. The van der Waals surface area contributed by atoms with Gasteiger partial charge in [-0.3, -0.25) is 0 Å². The molecular weight excluding hydrogens is 309 g/mol. The predicted octanol–water partition coefficient (Wildman–Crippen LogP) is 3.86. The van der Waals surface area contributed by atoms with Crippen molar-refractivity contribution in [3.8, 4) is 0 Å². The topological polar surface area (TPSA) is 29.5 Å². The van der Waals surface area contributed by atoms with E-state index in [1.165, 1.54) is 0 Å². The lowest BCUT2D eigenvalue weighted by Crippen LogP contribution is -2.48. The molecule has 0 aromatic heterocycles. The number of carbonyl (C=O) groups excluding carboxylic acids is 1. The number of hydrogen-bond acceptors (Lipinski definition) is 2. The standard InChI is InChI=1S/C21H22BNO2/c1-3-13-21(18-7-5-4-6-8-18)14-15-23(20(24)25-21)16(2)17-9-11-19(22)12-10-17/h3-12,16H,1,13-15H2,2H3/t16-,21+/m0/s1. The molecule has 1 fully saturated rings. The first-order chi connectivity index (χ1) is 12.1. The Kier molecular flexibility index (Phi) is 4.98. The van der Waals surface area contributed by atoms with Crippen molar-refractivity contribution in [2.45, 2.75) is 31.4 Å². The number of benzene rings is 2. The lowest BCUT2D eigenvalue weighted by atomic mass is 9.85. The van der Waals surface area contributed by atoms with Crippen molar-refractivity contribution in [1.29, 1.82) is 0 Å². The number of amides is 1. The molecule has 2 atom stereocenters. The Hall–Kier alpha value is -2.49. The highest BCUT2D eigenvalue weighted by Crippen LogP contribution is 2.39. The van der Waals surface area contributed by atoms with Crippen molar-refractivity contribution in [3.05, 3.63) is 78.4 Å². The number of cyclic esters (lactones) is 1. The number of rotatable bonds is 5. The molecule has 0 spiro atoms. The van der Waals surface area contributed by atoms with E-state index in [1.807, 2.05) is 67.6 Å². The zero-order valence-corrected chi connectivity index (χ0v) is 14.5. The van der Waals surface area contributed by atoms with E-state index in [4.69, 9.17) is 12.6 Å². The van der Waals surface area contributed by atoms with Gasteiger partial charge in [0, 0.05) is 19.4 Å². The summed E-state index contributed by atoms with van der Waals surface area (Å²) in [5, 5.41) is 0. The minimum absolute atomic E-state index is 0.0643. The van der Waals surface area contributed by atoms with E-state index in [9.17, 15) is 4.79 Å². The van der Waals surface area contributed by atoms with Gasteiger partial charge in [-0.15, -0.1) is 6.58 Å². The zero-order chi connectivity index (χ0) is 17.9. The summed E-state index contributed by atoms with van der Waals surface area (Å²) in [6, 6.07) is 17.5. The van der Waals surface area contributed by atoms with Crippen LogP contribution in [0.15, 0.2) is 67.3 Å². The van der Waals surface area contributed by atoms with Crippen molar-refractivity contribution in [2.75, 3.05) is 6.54 Å². The van der Waals surface area contributed by atoms with Crippen LogP contribution >= 0.6 is 0 Å². The minimum Gasteiger partial charge on any atom is -0.437 e. The molecule has 0 saturated carbocycles. The zero-order valence-electron chi connectivity index (χ0n) is 14.5. The molecule has 0 aliphatic carbocycles. The van der Waals surface area contributed by atoms with Crippen LogP contribution in [-0.2, 0) is 10.3 Å². The van der Waals surface area contributed by atoms with Crippen LogP contribution in [0.4, 0.5) is 4.79 Å². The van der Waals surface area contributed by atoms with Gasteiger partial charge in [-0.05, 0) is 18.1 Å². The summed E-state index contributed by atoms with van der Waals surface area (Å²) in [6.07, 6.45) is 2.86. The third kappa shape index (κ3) is 3.48. The SMILES string of the molecule is [B]c1ccc([C@H](C)N2CC[C@](CC=C)(c3ccccc3)OC2=O)cc1. The quantitative estimate of drug-likeness (QED) is 0.615. The summed E-state index contributed by atoms with van der Waals surface area (Å²) in [7, 11) is 5.75.